The molecular weight excluding hydrogens is 428 g/mol. The lowest BCUT2D eigenvalue weighted by Gasteiger charge is -2.07. The van der Waals surface area contributed by atoms with Crippen molar-refractivity contribution in [1.29, 1.82) is 0 Å². The van der Waals surface area contributed by atoms with Crippen LogP contribution in [0, 0.1) is 5.82 Å². The highest BCUT2D eigenvalue weighted by Gasteiger charge is 2.31. The molecule has 3 aromatic heterocycles. The van der Waals surface area contributed by atoms with Gasteiger partial charge in [0.05, 0.1) is 27.4 Å². The number of thioether (sulfide) groups is 1. The van der Waals surface area contributed by atoms with Gasteiger partial charge in [-0.25, -0.2) is 18.9 Å². The Balaban J connectivity index is 2.02. The number of benzene rings is 1. The third-order valence-corrected chi connectivity index (χ3v) is 5.07. The summed E-state index contributed by atoms with van der Waals surface area (Å²) in [6, 6.07) is 7.99. The van der Waals surface area contributed by atoms with Crippen molar-refractivity contribution in [2.45, 2.75) is 11.3 Å². The van der Waals surface area contributed by atoms with E-state index in [1.54, 1.807) is 12.3 Å². The Labute approximate surface area is 171 Å². The van der Waals surface area contributed by atoms with E-state index in [9.17, 15) is 17.6 Å². The van der Waals surface area contributed by atoms with E-state index in [4.69, 9.17) is 11.6 Å². The molecule has 0 bridgehead atoms. The first-order chi connectivity index (χ1) is 13.8. The number of hydrogen-bond donors (Lipinski definition) is 0. The standard InChI is InChI=1S/C19H11ClF4N4S/c1-29-18-25-7-6-14(26-18)16-15-5-3-11(19(22,23)24)9-28(15)27-17(16)10-2-4-13(21)12(20)8-10/h2-9H,1H3. The van der Waals surface area contributed by atoms with Crippen LogP contribution in [-0.2, 0) is 6.18 Å². The lowest BCUT2D eigenvalue weighted by atomic mass is 10.0. The summed E-state index contributed by atoms with van der Waals surface area (Å²) in [6.07, 6.45) is -0.237. The largest absolute Gasteiger partial charge is 0.417 e. The first kappa shape index (κ1) is 19.7. The van der Waals surface area contributed by atoms with E-state index in [1.807, 2.05) is 6.26 Å². The number of pyridine rings is 1. The van der Waals surface area contributed by atoms with Crippen molar-refractivity contribution >= 4 is 28.9 Å². The molecule has 29 heavy (non-hydrogen) atoms. The fourth-order valence-corrected chi connectivity index (χ4v) is 3.43. The number of fused-ring (bicyclic) bond motifs is 1. The van der Waals surface area contributed by atoms with Gasteiger partial charge in [0.15, 0.2) is 5.16 Å². The van der Waals surface area contributed by atoms with Crippen LogP contribution in [0.25, 0.3) is 28.0 Å². The summed E-state index contributed by atoms with van der Waals surface area (Å²) in [7, 11) is 0. The SMILES string of the molecule is CSc1nccc(-c2c(-c3ccc(F)c(Cl)c3)nn3cc(C(F)(F)F)ccc23)n1. The molecule has 0 N–H and O–H groups in total. The molecule has 0 aliphatic heterocycles. The van der Waals surface area contributed by atoms with Crippen molar-refractivity contribution in [2.75, 3.05) is 6.26 Å². The Morgan fingerprint density at radius 3 is 2.59 bits per heavy atom. The molecule has 0 atom stereocenters. The predicted octanol–water partition coefficient (Wildman–Crippen LogP) is 5.99. The van der Waals surface area contributed by atoms with Crippen LogP contribution in [0.15, 0.2) is 53.9 Å². The molecule has 3 heterocycles. The smallest absolute Gasteiger partial charge is 0.239 e. The van der Waals surface area contributed by atoms with Gasteiger partial charge in [0.2, 0.25) is 0 Å². The second kappa shape index (κ2) is 7.31. The molecule has 0 unspecified atom stereocenters. The van der Waals surface area contributed by atoms with Crippen LogP contribution in [-0.4, -0.2) is 25.8 Å². The van der Waals surface area contributed by atoms with E-state index in [0.29, 0.717) is 33.2 Å². The zero-order valence-electron chi connectivity index (χ0n) is 14.7. The van der Waals surface area contributed by atoms with Crippen molar-refractivity contribution in [2.24, 2.45) is 0 Å². The third kappa shape index (κ3) is 3.67. The Morgan fingerprint density at radius 1 is 1.10 bits per heavy atom. The van der Waals surface area contributed by atoms with Gasteiger partial charge in [-0.05, 0) is 42.7 Å². The van der Waals surface area contributed by atoms with Crippen molar-refractivity contribution < 1.29 is 17.6 Å². The second-order valence-electron chi connectivity index (χ2n) is 6.03. The molecule has 0 radical (unpaired) electrons. The van der Waals surface area contributed by atoms with E-state index < -0.39 is 17.6 Å². The van der Waals surface area contributed by atoms with Crippen molar-refractivity contribution in [3.05, 3.63) is 65.2 Å². The molecule has 0 fully saturated rings. The number of hydrogen-bond acceptors (Lipinski definition) is 4. The van der Waals surface area contributed by atoms with Gasteiger partial charge < -0.3 is 0 Å². The number of halogens is 5. The summed E-state index contributed by atoms with van der Waals surface area (Å²) in [5.41, 5.74) is 1.34. The lowest BCUT2D eigenvalue weighted by molar-refractivity contribution is -0.137. The minimum Gasteiger partial charge on any atom is -0.239 e. The highest BCUT2D eigenvalue weighted by Crippen LogP contribution is 2.37. The van der Waals surface area contributed by atoms with Gasteiger partial charge in [0.1, 0.15) is 11.5 Å². The van der Waals surface area contributed by atoms with Gasteiger partial charge in [-0.3, -0.25) is 0 Å². The summed E-state index contributed by atoms with van der Waals surface area (Å²) in [5, 5.41) is 4.71. The molecule has 10 heteroatoms. The van der Waals surface area contributed by atoms with Gasteiger partial charge >= 0.3 is 6.18 Å². The molecule has 4 aromatic rings. The van der Waals surface area contributed by atoms with E-state index in [1.165, 1.54) is 36.0 Å². The number of nitrogens with zero attached hydrogens (tertiary/aromatic N) is 4. The molecule has 0 saturated carbocycles. The molecule has 0 saturated heterocycles. The second-order valence-corrected chi connectivity index (χ2v) is 7.21. The van der Waals surface area contributed by atoms with Crippen molar-refractivity contribution in [1.82, 2.24) is 19.6 Å². The average molecular weight is 439 g/mol. The average Bonchev–Trinajstić information content (AvgIpc) is 3.08. The van der Waals surface area contributed by atoms with E-state index in [2.05, 4.69) is 15.1 Å². The maximum atomic E-state index is 13.6. The zero-order chi connectivity index (χ0) is 20.8. The van der Waals surface area contributed by atoms with Crippen LogP contribution < -0.4 is 0 Å². The first-order valence-corrected chi connectivity index (χ1v) is 9.80. The predicted molar refractivity (Wildman–Crippen MR) is 103 cm³/mol. The minimum atomic E-state index is -4.51. The van der Waals surface area contributed by atoms with Gasteiger partial charge in [-0.2, -0.15) is 18.3 Å². The highest BCUT2D eigenvalue weighted by molar-refractivity contribution is 7.98. The first-order valence-electron chi connectivity index (χ1n) is 8.20. The molecule has 0 amide bonds. The summed E-state index contributed by atoms with van der Waals surface area (Å²) in [4.78, 5) is 8.58. The molecule has 0 spiro atoms. The van der Waals surface area contributed by atoms with Gasteiger partial charge in [0.25, 0.3) is 0 Å². The van der Waals surface area contributed by atoms with E-state index >= 15 is 0 Å². The highest BCUT2D eigenvalue weighted by atomic mass is 35.5. The molecule has 148 valence electrons. The number of aromatic nitrogens is 4. The Kier molecular flexibility index (Phi) is 4.95. The third-order valence-electron chi connectivity index (χ3n) is 4.22. The summed E-state index contributed by atoms with van der Waals surface area (Å²) in [6.45, 7) is 0. The van der Waals surface area contributed by atoms with Crippen molar-refractivity contribution in [3.8, 4) is 22.5 Å². The van der Waals surface area contributed by atoms with Crippen molar-refractivity contribution in [3.63, 3.8) is 0 Å². The zero-order valence-corrected chi connectivity index (χ0v) is 16.3. The summed E-state index contributed by atoms with van der Waals surface area (Å²) >= 11 is 7.23. The fraction of sp³-hybridized carbons (Fsp3) is 0.105. The van der Waals surface area contributed by atoms with Crippen LogP contribution in [0.1, 0.15) is 5.56 Å². The number of alkyl halides is 3. The number of rotatable bonds is 3. The monoisotopic (exact) mass is 438 g/mol. The quantitative estimate of drug-likeness (QED) is 0.224. The van der Waals surface area contributed by atoms with Crippen LogP contribution in [0.5, 0.6) is 0 Å². The lowest BCUT2D eigenvalue weighted by Crippen LogP contribution is -2.06. The summed E-state index contributed by atoms with van der Waals surface area (Å²) in [5.74, 6) is -0.605. The Bertz CT molecular complexity index is 1220. The van der Waals surface area contributed by atoms with Crippen LogP contribution >= 0.6 is 23.4 Å². The normalized spacial score (nSPS) is 11.9. The molecule has 1 aromatic carbocycles. The van der Waals surface area contributed by atoms with Gasteiger partial charge in [0, 0.05) is 18.0 Å². The van der Waals surface area contributed by atoms with Gasteiger partial charge in [-0.15, -0.1) is 0 Å². The van der Waals surface area contributed by atoms with E-state index in [0.717, 1.165) is 16.8 Å². The molecular formula is C19H11ClF4N4S. The van der Waals surface area contributed by atoms with Gasteiger partial charge in [-0.1, -0.05) is 23.4 Å². The fourth-order valence-electron chi connectivity index (χ4n) is 2.89. The molecule has 4 nitrogen and oxygen atoms in total. The maximum absolute atomic E-state index is 13.6. The van der Waals surface area contributed by atoms with Crippen LogP contribution in [0.4, 0.5) is 17.6 Å². The minimum absolute atomic E-state index is 0.117. The van der Waals surface area contributed by atoms with Crippen LogP contribution in [0.3, 0.4) is 0 Å². The van der Waals surface area contributed by atoms with E-state index in [-0.39, 0.29) is 5.02 Å². The maximum Gasteiger partial charge on any atom is 0.417 e. The molecule has 0 aliphatic carbocycles. The Morgan fingerprint density at radius 2 is 1.90 bits per heavy atom. The summed E-state index contributed by atoms with van der Waals surface area (Å²) < 4.78 is 54.2. The van der Waals surface area contributed by atoms with Crippen LogP contribution in [0.2, 0.25) is 5.02 Å². The topological polar surface area (TPSA) is 43.1 Å². The molecule has 4 rings (SSSR count). The Hall–Kier alpha value is -2.65. The molecule has 0 aliphatic rings.